The van der Waals surface area contributed by atoms with E-state index in [2.05, 4.69) is 9.97 Å². The summed E-state index contributed by atoms with van der Waals surface area (Å²) in [5.74, 6) is -0.0791. The number of nitrogens with one attached hydrogen (secondary N) is 1. The normalized spacial score (nSPS) is 17.3. The summed E-state index contributed by atoms with van der Waals surface area (Å²) in [5.41, 5.74) is 0.525. The number of hydrogen-bond donors (Lipinski definition) is 2. The summed E-state index contributed by atoms with van der Waals surface area (Å²) < 4.78 is 5.80. The predicted octanol–water partition coefficient (Wildman–Crippen LogP) is 1.08. The molecule has 7 nitrogen and oxygen atoms in total. The number of aromatic hydroxyl groups is 1. The monoisotopic (exact) mass is 315 g/mol. The van der Waals surface area contributed by atoms with Crippen molar-refractivity contribution in [2.75, 3.05) is 13.1 Å². The van der Waals surface area contributed by atoms with Gasteiger partial charge in [0.05, 0.1) is 12.1 Å². The zero-order chi connectivity index (χ0) is 16.4. The number of carbonyl (C=O) groups is 1. The van der Waals surface area contributed by atoms with Gasteiger partial charge in [-0.1, -0.05) is 6.07 Å². The summed E-state index contributed by atoms with van der Waals surface area (Å²) in [6, 6.07) is 7.97. The van der Waals surface area contributed by atoms with Crippen LogP contribution < -0.4 is 10.3 Å². The molecule has 3 heterocycles. The van der Waals surface area contributed by atoms with Gasteiger partial charge in [0.15, 0.2) is 5.88 Å². The predicted molar refractivity (Wildman–Crippen MR) is 82.6 cm³/mol. The molecule has 23 heavy (non-hydrogen) atoms. The summed E-state index contributed by atoms with van der Waals surface area (Å²) in [4.78, 5) is 31.8. The molecule has 1 amide bonds. The highest BCUT2D eigenvalue weighted by Crippen LogP contribution is 2.19. The van der Waals surface area contributed by atoms with Gasteiger partial charge in [-0.15, -0.1) is 0 Å². The van der Waals surface area contributed by atoms with Crippen molar-refractivity contribution < 1.29 is 14.6 Å². The lowest BCUT2D eigenvalue weighted by molar-refractivity contribution is 0.0770. The molecule has 2 aromatic heterocycles. The molecule has 0 aliphatic carbocycles. The molecule has 1 aliphatic heterocycles. The molecule has 7 heteroatoms. The van der Waals surface area contributed by atoms with E-state index in [0.29, 0.717) is 25.4 Å². The number of aryl methyl sites for hydroxylation is 1. The van der Waals surface area contributed by atoms with Crippen molar-refractivity contribution in [2.45, 2.75) is 19.4 Å². The molecule has 1 unspecified atom stereocenters. The van der Waals surface area contributed by atoms with E-state index in [0.717, 1.165) is 5.69 Å². The molecule has 1 saturated heterocycles. The van der Waals surface area contributed by atoms with Crippen LogP contribution >= 0.6 is 0 Å². The van der Waals surface area contributed by atoms with Gasteiger partial charge in [0.2, 0.25) is 5.88 Å². The molecule has 0 radical (unpaired) electrons. The van der Waals surface area contributed by atoms with Gasteiger partial charge in [-0.2, -0.15) is 0 Å². The number of amides is 1. The van der Waals surface area contributed by atoms with Crippen LogP contribution in [-0.2, 0) is 0 Å². The van der Waals surface area contributed by atoms with Gasteiger partial charge >= 0.3 is 0 Å². The number of rotatable bonds is 3. The van der Waals surface area contributed by atoms with Crippen molar-refractivity contribution in [3.05, 3.63) is 51.9 Å². The van der Waals surface area contributed by atoms with Crippen molar-refractivity contribution in [3.8, 4) is 11.8 Å². The Kier molecular flexibility index (Phi) is 4.01. The molecular weight excluding hydrogens is 298 g/mol. The molecule has 2 N–H and O–H groups in total. The first kappa shape index (κ1) is 15.1. The largest absolute Gasteiger partial charge is 0.494 e. The highest BCUT2D eigenvalue weighted by molar-refractivity contribution is 5.94. The molecule has 0 spiro atoms. The summed E-state index contributed by atoms with van der Waals surface area (Å²) in [7, 11) is 0. The van der Waals surface area contributed by atoms with E-state index in [4.69, 9.17) is 4.74 Å². The first-order valence-electron chi connectivity index (χ1n) is 7.34. The summed E-state index contributed by atoms with van der Waals surface area (Å²) >= 11 is 0. The van der Waals surface area contributed by atoms with Gasteiger partial charge in [-0.05, 0) is 13.0 Å². The van der Waals surface area contributed by atoms with Gasteiger partial charge in [0.25, 0.3) is 11.5 Å². The first-order chi connectivity index (χ1) is 11.0. The van der Waals surface area contributed by atoms with Gasteiger partial charge < -0.3 is 14.7 Å². The SMILES string of the molecule is Cc1cccc(OC2CCN(C(=O)c3cc(O)[nH]c(=O)c3)C2)n1. The molecule has 0 saturated carbocycles. The minimum atomic E-state index is -0.510. The van der Waals surface area contributed by atoms with Crippen LogP contribution in [0.5, 0.6) is 11.8 Å². The second kappa shape index (κ2) is 6.12. The fourth-order valence-electron chi connectivity index (χ4n) is 2.60. The van der Waals surface area contributed by atoms with Crippen LogP contribution in [0.2, 0.25) is 0 Å². The third-order valence-electron chi connectivity index (χ3n) is 3.66. The molecule has 0 aromatic carbocycles. The number of carbonyl (C=O) groups excluding carboxylic acids is 1. The van der Waals surface area contributed by atoms with Crippen LogP contribution in [0.15, 0.2) is 35.1 Å². The van der Waals surface area contributed by atoms with Gasteiger partial charge in [0, 0.05) is 36.9 Å². The van der Waals surface area contributed by atoms with Crippen molar-refractivity contribution in [1.29, 1.82) is 0 Å². The molecule has 1 aliphatic rings. The topological polar surface area (TPSA) is 95.5 Å². The van der Waals surface area contributed by atoms with E-state index in [1.165, 1.54) is 12.1 Å². The van der Waals surface area contributed by atoms with Crippen LogP contribution in [0, 0.1) is 6.92 Å². The number of aromatic amines is 1. The fourth-order valence-corrected chi connectivity index (χ4v) is 2.60. The van der Waals surface area contributed by atoms with Crippen LogP contribution in [0.4, 0.5) is 0 Å². The molecule has 0 bridgehead atoms. The number of likely N-dealkylation sites (tertiary alicyclic amines) is 1. The minimum absolute atomic E-state index is 0.135. The molecule has 1 atom stereocenters. The summed E-state index contributed by atoms with van der Waals surface area (Å²) in [5, 5.41) is 9.40. The Labute approximate surface area is 132 Å². The lowest BCUT2D eigenvalue weighted by atomic mass is 10.2. The lowest BCUT2D eigenvalue weighted by Crippen LogP contribution is -2.31. The molecule has 2 aromatic rings. The number of hydrogen-bond acceptors (Lipinski definition) is 5. The fraction of sp³-hybridized carbons (Fsp3) is 0.312. The summed E-state index contributed by atoms with van der Waals surface area (Å²) in [6.45, 7) is 2.83. The lowest BCUT2D eigenvalue weighted by Gasteiger charge is -2.17. The Bertz CT molecular complexity index is 787. The molecule has 1 fully saturated rings. The minimum Gasteiger partial charge on any atom is -0.494 e. The molecule has 120 valence electrons. The van der Waals surface area contributed by atoms with Gasteiger partial charge in [-0.3, -0.25) is 14.6 Å². The second-order valence-corrected chi connectivity index (χ2v) is 5.52. The Morgan fingerprint density at radius 2 is 2.26 bits per heavy atom. The van der Waals surface area contributed by atoms with Crippen LogP contribution in [0.25, 0.3) is 0 Å². The zero-order valence-corrected chi connectivity index (χ0v) is 12.7. The number of pyridine rings is 2. The van der Waals surface area contributed by atoms with Crippen LogP contribution in [0.1, 0.15) is 22.5 Å². The third-order valence-corrected chi connectivity index (χ3v) is 3.66. The van der Waals surface area contributed by atoms with E-state index in [1.54, 1.807) is 11.0 Å². The van der Waals surface area contributed by atoms with Crippen LogP contribution in [0.3, 0.4) is 0 Å². The van der Waals surface area contributed by atoms with Gasteiger partial charge in [-0.25, -0.2) is 4.98 Å². The smallest absolute Gasteiger partial charge is 0.254 e. The maximum absolute atomic E-state index is 12.4. The second-order valence-electron chi connectivity index (χ2n) is 5.52. The van der Waals surface area contributed by atoms with E-state index in [1.807, 2.05) is 19.1 Å². The highest BCUT2D eigenvalue weighted by Gasteiger charge is 2.29. The quantitative estimate of drug-likeness (QED) is 0.883. The Morgan fingerprint density at radius 3 is 3.00 bits per heavy atom. The van der Waals surface area contributed by atoms with Crippen molar-refractivity contribution in [1.82, 2.24) is 14.9 Å². The van der Waals surface area contributed by atoms with E-state index < -0.39 is 5.56 Å². The standard InChI is InChI=1S/C16H17N3O4/c1-10-3-2-4-15(17-10)23-12-5-6-19(9-12)16(22)11-7-13(20)18-14(21)8-11/h2-4,7-8,12H,5-6,9H2,1H3,(H2,18,20,21). The van der Waals surface area contributed by atoms with Crippen molar-refractivity contribution in [3.63, 3.8) is 0 Å². The number of aromatic nitrogens is 2. The van der Waals surface area contributed by atoms with E-state index in [-0.39, 0.29) is 23.5 Å². The Morgan fingerprint density at radius 1 is 1.43 bits per heavy atom. The van der Waals surface area contributed by atoms with Crippen LogP contribution in [-0.4, -0.2) is 45.1 Å². The maximum Gasteiger partial charge on any atom is 0.254 e. The van der Waals surface area contributed by atoms with E-state index in [9.17, 15) is 14.7 Å². The van der Waals surface area contributed by atoms with Crippen molar-refractivity contribution >= 4 is 5.91 Å². The van der Waals surface area contributed by atoms with E-state index >= 15 is 0 Å². The third kappa shape index (κ3) is 3.50. The number of ether oxygens (including phenoxy) is 1. The molecular formula is C16H17N3O4. The average molecular weight is 315 g/mol. The zero-order valence-electron chi connectivity index (χ0n) is 12.7. The average Bonchev–Trinajstić information content (AvgIpc) is 2.94. The Hall–Kier alpha value is -2.83. The van der Waals surface area contributed by atoms with Crippen molar-refractivity contribution in [2.24, 2.45) is 0 Å². The summed E-state index contributed by atoms with van der Waals surface area (Å²) in [6.07, 6.45) is 0.556. The number of nitrogens with zero attached hydrogens (tertiary/aromatic N) is 2. The maximum atomic E-state index is 12.4. The van der Waals surface area contributed by atoms with Gasteiger partial charge in [0.1, 0.15) is 6.10 Å². The Balaban J connectivity index is 1.67. The number of H-pyrrole nitrogens is 1. The first-order valence-corrected chi connectivity index (χ1v) is 7.34. The molecule has 3 rings (SSSR count). The highest BCUT2D eigenvalue weighted by atomic mass is 16.5.